The van der Waals surface area contributed by atoms with E-state index in [0.29, 0.717) is 6.42 Å². The topological polar surface area (TPSA) is 156 Å². The molecule has 8 rings (SSSR count). The third-order valence-electron chi connectivity index (χ3n) is 11.8. The van der Waals surface area contributed by atoms with Gasteiger partial charge in [-0.05, 0) is 48.1 Å². The number of amides is 5. The van der Waals surface area contributed by atoms with Gasteiger partial charge < -0.3 is 24.8 Å². The zero-order valence-electron chi connectivity index (χ0n) is 33.9. The number of nitrogens with zero attached hydrogens (tertiary/aromatic N) is 7. The van der Waals surface area contributed by atoms with Gasteiger partial charge in [-0.25, -0.2) is 24.8 Å². The van der Waals surface area contributed by atoms with Crippen molar-refractivity contribution in [2.45, 2.75) is 76.2 Å². The largest absolute Gasteiger partial charge is 0.508 e. The molecule has 0 bridgehead atoms. The highest BCUT2D eigenvalue weighted by atomic mass is 16.3. The van der Waals surface area contributed by atoms with E-state index in [1.165, 1.54) is 6.42 Å². The van der Waals surface area contributed by atoms with Crippen molar-refractivity contribution in [1.82, 2.24) is 39.7 Å². The first kappa shape index (κ1) is 40.2. The number of anilines is 1. The minimum absolute atomic E-state index is 0.0706. The lowest BCUT2D eigenvalue weighted by atomic mass is 9.96. The number of aryl methyl sites for hydroxylation is 2. The first-order valence-corrected chi connectivity index (χ1v) is 20.7. The number of phenolic OH excluding ortho intramolecular Hbond substituents is 1. The second-order valence-corrected chi connectivity index (χ2v) is 15.9. The fraction of sp³-hybridized carbons (Fsp3) is 0.348. The number of aromatic nitrogens is 3. The van der Waals surface area contributed by atoms with E-state index in [1.807, 2.05) is 66.3 Å². The number of benzene rings is 3. The maximum atomic E-state index is 14.8. The molecule has 5 amide bonds. The quantitative estimate of drug-likeness (QED) is 0.134. The highest BCUT2D eigenvalue weighted by Gasteiger charge is 2.51. The van der Waals surface area contributed by atoms with Gasteiger partial charge in [0.2, 0.25) is 23.7 Å². The molecule has 5 aromatic rings. The summed E-state index contributed by atoms with van der Waals surface area (Å²) in [5.41, 5.74) is 5.26. The number of hydrogen-bond acceptors (Lipinski definition) is 8. The molecule has 2 atom stereocenters. The summed E-state index contributed by atoms with van der Waals surface area (Å²) in [7, 11) is 1.95. The molecule has 3 aliphatic rings. The second-order valence-electron chi connectivity index (χ2n) is 15.9. The van der Waals surface area contributed by atoms with Crippen molar-refractivity contribution in [3.8, 4) is 16.9 Å². The van der Waals surface area contributed by atoms with Crippen LogP contribution in [0.1, 0.15) is 55.2 Å². The fourth-order valence-electron chi connectivity index (χ4n) is 8.99. The molecule has 3 fully saturated rings. The highest BCUT2D eigenvalue weighted by Crippen LogP contribution is 2.35. The van der Waals surface area contributed by atoms with Crippen molar-refractivity contribution in [1.29, 1.82) is 0 Å². The van der Waals surface area contributed by atoms with Crippen LogP contribution in [0.15, 0.2) is 104 Å². The van der Waals surface area contributed by atoms with Gasteiger partial charge in [-0.2, -0.15) is 0 Å². The van der Waals surface area contributed by atoms with Gasteiger partial charge in [0.1, 0.15) is 18.0 Å². The first-order valence-electron chi connectivity index (χ1n) is 20.7. The SMILES string of the molecule is C=CCN1CC(=O)N2[C@@H](Cc3ccc(O)cc3)C(=O)N(Cc3cccc4c(-c5cnc(NC(=O)NC6CCCCC6)nc5)cn(C)c34)C[C@@H]2N1C(=O)CCc1ccccc1. The number of phenols is 1. The summed E-state index contributed by atoms with van der Waals surface area (Å²) >= 11 is 0. The van der Waals surface area contributed by atoms with Crippen LogP contribution in [0.3, 0.4) is 0 Å². The maximum absolute atomic E-state index is 14.8. The number of piperazine rings is 1. The van der Waals surface area contributed by atoms with Crippen LogP contribution < -0.4 is 10.6 Å². The van der Waals surface area contributed by atoms with Gasteiger partial charge >= 0.3 is 6.03 Å². The van der Waals surface area contributed by atoms with Crippen LogP contribution in [-0.2, 0) is 40.8 Å². The minimum Gasteiger partial charge on any atom is -0.508 e. The molecule has 1 aliphatic carbocycles. The Hall–Kier alpha value is -6.54. The summed E-state index contributed by atoms with van der Waals surface area (Å²) in [5.74, 6) is -0.300. The van der Waals surface area contributed by atoms with E-state index in [0.717, 1.165) is 64.4 Å². The Bertz CT molecular complexity index is 2360. The number of para-hydroxylation sites is 1. The third kappa shape index (κ3) is 8.60. The molecule has 60 heavy (non-hydrogen) atoms. The zero-order chi connectivity index (χ0) is 41.8. The molecular weight excluding hydrogens is 759 g/mol. The number of urea groups is 1. The predicted molar refractivity (Wildman–Crippen MR) is 228 cm³/mol. The monoisotopic (exact) mass is 809 g/mol. The predicted octanol–water partition coefficient (Wildman–Crippen LogP) is 5.78. The number of fused-ring (bicyclic) bond motifs is 2. The number of hydrogen-bond donors (Lipinski definition) is 3. The van der Waals surface area contributed by atoms with Gasteiger partial charge in [0, 0.05) is 74.1 Å². The fourth-order valence-corrected chi connectivity index (χ4v) is 8.99. The van der Waals surface area contributed by atoms with E-state index in [-0.39, 0.29) is 80.5 Å². The molecule has 2 saturated heterocycles. The molecule has 3 aromatic carbocycles. The average molecular weight is 810 g/mol. The van der Waals surface area contributed by atoms with E-state index in [4.69, 9.17) is 0 Å². The Labute approximate surface area is 349 Å². The van der Waals surface area contributed by atoms with Crippen molar-refractivity contribution in [3.05, 3.63) is 121 Å². The molecule has 0 unspecified atom stereocenters. The van der Waals surface area contributed by atoms with E-state index in [9.17, 15) is 24.3 Å². The van der Waals surface area contributed by atoms with Crippen LogP contribution in [0, 0.1) is 0 Å². The van der Waals surface area contributed by atoms with Gasteiger partial charge in [-0.3, -0.25) is 19.7 Å². The Morgan fingerprint density at radius 3 is 2.42 bits per heavy atom. The molecule has 14 nitrogen and oxygen atoms in total. The minimum atomic E-state index is -0.895. The van der Waals surface area contributed by atoms with Crippen molar-refractivity contribution in [3.63, 3.8) is 0 Å². The van der Waals surface area contributed by atoms with Crippen LogP contribution in [-0.4, -0.2) is 101 Å². The normalized spacial score (nSPS) is 18.7. The summed E-state index contributed by atoms with van der Waals surface area (Å²) in [4.78, 5) is 68.1. The molecule has 2 aromatic heterocycles. The lowest BCUT2D eigenvalue weighted by molar-refractivity contribution is -0.205. The Kier molecular flexibility index (Phi) is 11.9. The van der Waals surface area contributed by atoms with Gasteiger partial charge in [0.05, 0.1) is 18.6 Å². The lowest BCUT2D eigenvalue weighted by Gasteiger charge is -2.55. The zero-order valence-corrected chi connectivity index (χ0v) is 33.9. The van der Waals surface area contributed by atoms with Crippen LogP contribution in [0.25, 0.3) is 22.0 Å². The summed E-state index contributed by atoms with van der Waals surface area (Å²) in [6.07, 6.45) is 12.6. The summed E-state index contributed by atoms with van der Waals surface area (Å²) in [6.45, 7) is 4.45. The molecule has 4 heterocycles. The van der Waals surface area contributed by atoms with E-state index >= 15 is 0 Å². The summed E-state index contributed by atoms with van der Waals surface area (Å²) in [6, 6.07) is 21.4. The van der Waals surface area contributed by atoms with Gasteiger partial charge in [0.15, 0.2) is 0 Å². The summed E-state index contributed by atoms with van der Waals surface area (Å²) < 4.78 is 2.02. The molecule has 0 spiro atoms. The molecule has 3 N–H and O–H groups in total. The molecule has 2 aliphatic heterocycles. The average Bonchev–Trinajstić information content (AvgIpc) is 3.60. The van der Waals surface area contributed by atoms with E-state index < -0.39 is 12.2 Å². The van der Waals surface area contributed by atoms with E-state index in [1.54, 1.807) is 62.6 Å². The Balaban J connectivity index is 1.08. The Morgan fingerprint density at radius 2 is 1.68 bits per heavy atom. The molecular formula is C46H51N9O5. The summed E-state index contributed by atoms with van der Waals surface area (Å²) in [5, 5.41) is 20.2. The van der Waals surface area contributed by atoms with Crippen molar-refractivity contribution in [2.75, 3.05) is 25.0 Å². The van der Waals surface area contributed by atoms with Crippen LogP contribution in [0.4, 0.5) is 10.7 Å². The van der Waals surface area contributed by atoms with Crippen LogP contribution in [0.5, 0.6) is 5.75 Å². The standard InChI is InChI=1S/C46H51N9O5/c1-3-23-53-30-42(58)54-39(24-32-17-20-36(56)21-18-32)44(59)52(29-40(54)55(53)41(57)22-19-31-11-6-4-7-12-31)27-33-13-10-16-37-38(28-51(2)43(33)37)34-25-47-45(48-26-34)50-46(60)49-35-14-8-5-9-15-35/h3-4,6-7,10-13,16-18,20-21,25-26,28,35,39-40,56H,1,5,8-9,14-15,19,22-24,27,29-30H2,2H3,(H2,47,48,49,50,60)/t39-,40-/m0/s1. The molecule has 0 radical (unpaired) electrons. The van der Waals surface area contributed by atoms with E-state index in [2.05, 4.69) is 27.2 Å². The van der Waals surface area contributed by atoms with Crippen LogP contribution in [0.2, 0.25) is 0 Å². The highest BCUT2D eigenvalue weighted by molar-refractivity contribution is 5.98. The maximum Gasteiger partial charge on any atom is 0.321 e. The van der Waals surface area contributed by atoms with Crippen molar-refractivity contribution in [2.24, 2.45) is 7.05 Å². The molecule has 310 valence electrons. The number of carbonyl (C=O) groups excluding carboxylic acids is 4. The number of nitrogens with one attached hydrogen (secondary N) is 2. The van der Waals surface area contributed by atoms with Gasteiger partial charge in [-0.1, -0.05) is 86.0 Å². The van der Waals surface area contributed by atoms with Gasteiger partial charge in [-0.15, -0.1) is 6.58 Å². The number of aromatic hydroxyl groups is 1. The third-order valence-corrected chi connectivity index (χ3v) is 11.8. The second kappa shape index (κ2) is 17.8. The molecule has 1 saturated carbocycles. The van der Waals surface area contributed by atoms with Crippen molar-refractivity contribution < 1.29 is 24.3 Å². The Morgan fingerprint density at radius 1 is 0.933 bits per heavy atom. The smallest absolute Gasteiger partial charge is 0.321 e. The van der Waals surface area contributed by atoms with Crippen LogP contribution >= 0.6 is 0 Å². The number of hydrazine groups is 1. The van der Waals surface area contributed by atoms with Gasteiger partial charge in [0.25, 0.3) is 0 Å². The number of rotatable bonds is 12. The first-order chi connectivity index (χ1) is 29.2. The van der Waals surface area contributed by atoms with Crippen molar-refractivity contribution >= 4 is 40.6 Å². The molecule has 14 heteroatoms. The number of carbonyl (C=O) groups is 4. The lowest BCUT2D eigenvalue weighted by Crippen LogP contribution is -2.75.